The molecule has 0 atom stereocenters. The van der Waals surface area contributed by atoms with Gasteiger partial charge in [0.2, 0.25) is 0 Å². The Hall–Kier alpha value is -1.08. The molecule has 0 aliphatic rings. The van der Waals surface area contributed by atoms with Crippen molar-refractivity contribution in [2.24, 2.45) is 0 Å². The summed E-state index contributed by atoms with van der Waals surface area (Å²) in [6.07, 6.45) is 12.8. The number of unbranched alkanes of at least 4 members (excludes halogenated alkanes) is 7. The van der Waals surface area contributed by atoms with E-state index in [4.69, 9.17) is 0 Å². The molecule has 0 aliphatic carbocycles. The maximum absolute atomic E-state index is 3.78. The second-order valence-corrected chi connectivity index (χ2v) is 7.63. The maximum Gasteiger partial charge on any atom is 0.0238 e. The van der Waals surface area contributed by atoms with Crippen LogP contribution in [0.15, 0.2) is 43.0 Å². The minimum atomic E-state index is 0.237. The minimum absolute atomic E-state index is 0.237. The average molecular weight is 316 g/mol. The van der Waals surface area contributed by atoms with Crippen LogP contribution in [-0.2, 0) is 6.54 Å². The minimum Gasteiger partial charge on any atom is -0.294 e. The molecule has 1 rings (SSSR count). The molecule has 23 heavy (non-hydrogen) atoms. The molecular weight excluding hydrogens is 278 g/mol. The lowest BCUT2D eigenvalue weighted by Crippen LogP contribution is -2.41. The molecule has 1 nitrogen and oxygen atoms in total. The van der Waals surface area contributed by atoms with Crippen LogP contribution in [0.4, 0.5) is 0 Å². The van der Waals surface area contributed by atoms with Crippen LogP contribution in [0, 0.1) is 0 Å². The highest BCUT2D eigenvalue weighted by Crippen LogP contribution is 2.19. The molecule has 0 amide bonds. The monoisotopic (exact) mass is 315 g/mol. The standard InChI is InChI=1S/C22H37N/c1-5-6-7-8-9-10-11-12-16-19-23(22(2,3)4)20-21-17-14-13-15-18-21/h5,13-15,17-18H,1,6-12,16,19-20H2,2-4H3. The van der Waals surface area contributed by atoms with E-state index in [1.54, 1.807) is 0 Å². The van der Waals surface area contributed by atoms with Crippen molar-refractivity contribution < 1.29 is 0 Å². The number of rotatable bonds is 12. The highest BCUT2D eigenvalue weighted by molar-refractivity contribution is 5.14. The van der Waals surface area contributed by atoms with E-state index in [2.05, 4.69) is 62.6 Å². The molecule has 0 saturated heterocycles. The first kappa shape index (κ1) is 20.0. The topological polar surface area (TPSA) is 3.24 Å². The Labute approximate surface area is 144 Å². The molecular formula is C22H37N. The maximum atomic E-state index is 3.78. The third-order valence-electron chi connectivity index (χ3n) is 4.50. The largest absolute Gasteiger partial charge is 0.294 e. The van der Waals surface area contributed by atoms with Gasteiger partial charge in [0.05, 0.1) is 0 Å². The molecule has 1 aromatic carbocycles. The molecule has 130 valence electrons. The second kappa shape index (κ2) is 11.5. The smallest absolute Gasteiger partial charge is 0.0238 e. The number of nitrogens with zero attached hydrogens (tertiary/aromatic N) is 1. The van der Waals surface area contributed by atoms with Crippen LogP contribution >= 0.6 is 0 Å². The lowest BCUT2D eigenvalue weighted by atomic mass is 10.0. The van der Waals surface area contributed by atoms with Crippen molar-refractivity contribution in [1.82, 2.24) is 4.90 Å². The molecule has 0 saturated carbocycles. The van der Waals surface area contributed by atoms with Gasteiger partial charge in [-0.25, -0.2) is 0 Å². The van der Waals surface area contributed by atoms with E-state index in [-0.39, 0.29) is 5.54 Å². The fourth-order valence-electron chi connectivity index (χ4n) is 2.93. The first-order chi connectivity index (χ1) is 11.0. The Balaban J connectivity index is 2.21. The van der Waals surface area contributed by atoms with Gasteiger partial charge in [-0.3, -0.25) is 4.90 Å². The normalized spacial score (nSPS) is 11.8. The fraction of sp³-hybridized carbons (Fsp3) is 0.636. The van der Waals surface area contributed by atoms with Crippen LogP contribution in [-0.4, -0.2) is 17.0 Å². The van der Waals surface area contributed by atoms with Gasteiger partial charge in [0.1, 0.15) is 0 Å². The summed E-state index contributed by atoms with van der Waals surface area (Å²) in [4.78, 5) is 2.62. The summed E-state index contributed by atoms with van der Waals surface area (Å²) in [5.41, 5.74) is 1.66. The predicted octanol–water partition coefficient (Wildman–Crippen LogP) is 6.59. The number of hydrogen-bond donors (Lipinski definition) is 0. The predicted molar refractivity (Wildman–Crippen MR) is 104 cm³/mol. The van der Waals surface area contributed by atoms with Crippen LogP contribution in [0.5, 0.6) is 0 Å². The highest BCUT2D eigenvalue weighted by Gasteiger charge is 2.20. The van der Waals surface area contributed by atoms with Crippen LogP contribution in [0.25, 0.3) is 0 Å². The Morgan fingerprint density at radius 3 is 2.00 bits per heavy atom. The van der Waals surface area contributed by atoms with Crippen LogP contribution < -0.4 is 0 Å². The summed E-state index contributed by atoms with van der Waals surface area (Å²) in [6, 6.07) is 10.9. The van der Waals surface area contributed by atoms with Crippen molar-refractivity contribution in [3.63, 3.8) is 0 Å². The number of allylic oxidation sites excluding steroid dienone is 1. The zero-order chi connectivity index (χ0) is 17.0. The molecule has 0 aromatic heterocycles. The SMILES string of the molecule is C=CCCCCCCCCCN(Cc1ccccc1)C(C)(C)C. The third-order valence-corrected chi connectivity index (χ3v) is 4.50. The van der Waals surface area contributed by atoms with Crippen molar-refractivity contribution in [1.29, 1.82) is 0 Å². The summed E-state index contributed by atoms with van der Waals surface area (Å²) >= 11 is 0. The van der Waals surface area contributed by atoms with E-state index < -0.39 is 0 Å². The van der Waals surface area contributed by atoms with E-state index in [0.29, 0.717) is 0 Å². The van der Waals surface area contributed by atoms with Crippen molar-refractivity contribution in [3.05, 3.63) is 48.6 Å². The molecule has 0 heterocycles. The summed E-state index contributed by atoms with van der Waals surface area (Å²) in [6.45, 7) is 13.0. The molecule has 1 heteroatoms. The first-order valence-electron chi connectivity index (χ1n) is 9.44. The number of benzene rings is 1. The van der Waals surface area contributed by atoms with Gasteiger partial charge < -0.3 is 0 Å². The molecule has 0 bridgehead atoms. The van der Waals surface area contributed by atoms with Crippen molar-refractivity contribution in [3.8, 4) is 0 Å². The molecule has 1 aromatic rings. The summed E-state index contributed by atoms with van der Waals surface area (Å²) < 4.78 is 0. The fourth-order valence-corrected chi connectivity index (χ4v) is 2.93. The van der Waals surface area contributed by atoms with E-state index in [0.717, 1.165) is 6.54 Å². The highest BCUT2D eigenvalue weighted by atomic mass is 15.2. The van der Waals surface area contributed by atoms with Crippen molar-refractivity contribution in [2.45, 2.75) is 84.2 Å². The zero-order valence-electron chi connectivity index (χ0n) is 15.7. The van der Waals surface area contributed by atoms with Gasteiger partial charge in [0, 0.05) is 12.1 Å². The first-order valence-corrected chi connectivity index (χ1v) is 9.44. The Morgan fingerprint density at radius 2 is 1.43 bits per heavy atom. The molecule has 0 N–H and O–H groups in total. The lowest BCUT2D eigenvalue weighted by molar-refractivity contribution is 0.124. The summed E-state index contributed by atoms with van der Waals surface area (Å²) in [5.74, 6) is 0. The van der Waals surface area contributed by atoms with E-state index in [1.165, 1.54) is 63.5 Å². The Bertz CT molecular complexity index is 402. The summed E-state index contributed by atoms with van der Waals surface area (Å²) in [5, 5.41) is 0. The molecule has 0 unspecified atom stereocenters. The summed E-state index contributed by atoms with van der Waals surface area (Å²) in [7, 11) is 0. The van der Waals surface area contributed by atoms with E-state index >= 15 is 0 Å². The molecule has 0 aliphatic heterocycles. The molecule has 0 spiro atoms. The molecule has 0 radical (unpaired) electrons. The number of hydrogen-bond acceptors (Lipinski definition) is 1. The van der Waals surface area contributed by atoms with Gasteiger partial charge in [-0.2, -0.15) is 0 Å². The van der Waals surface area contributed by atoms with E-state index in [1.807, 2.05) is 6.08 Å². The van der Waals surface area contributed by atoms with Crippen LogP contribution in [0.1, 0.15) is 77.7 Å². The van der Waals surface area contributed by atoms with Gasteiger partial charge in [-0.1, -0.05) is 68.5 Å². The third kappa shape index (κ3) is 9.61. The van der Waals surface area contributed by atoms with Crippen molar-refractivity contribution in [2.75, 3.05) is 6.54 Å². The van der Waals surface area contributed by atoms with Gasteiger partial charge in [-0.15, -0.1) is 6.58 Å². The average Bonchev–Trinajstić information content (AvgIpc) is 2.52. The van der Waals surface area contributed by atoms with Crippen molar-refractivity contribution >= 4 is 0 Å². The lowest BCUT2D eigenvalue weighted by Gasteiger charge is -2.36. The quantitative estimate of drug-likeness (QED) is 0.310. The Kier molecular flexibility index (Phi) is 9.94. The van der Waals surface area contributed by atoms with Crippen LogP contribution in [0.3, 0.4) is 0 Å². The molecule has 0 fully saturated rings. The zero-order valence-corrected chi connectivity index (χ0v) is 15.7. The second-order valence-electron chi connectivity index (χ2n) is 7.63. The Morgan fingerprint density at radius 1 is 0.870 bits per heavy atom. The van der Waals surface area contributed by atoms with Gasteiger partial charge in [0.15, 0.2) is 0 Å². The van der Waals surface area contributed by atoms with Gasteiger partial charge in [-0.05, 0) is 52.1 Å². The van der Waals surface area contributed by atoms with Gasteiger partial charge in [0.25, 0.3) is 0 Å². The van der Waals surface area contributed by atoms with Gasteiger partial charge >= 0.3 is 0 Å². The van der Waals surface area contributed by atoms with Crippen LogP contribution in [0.2, 0.25) is 0 Å². The van der Waals surface area contributed by atoms with E-state index in [9.17, 15) is 0 Å².